The smallest absolute Gasteiger partial charge is 0.249 e. The number of hydrogen-bond donors (Lipinski definition) is 2. The molecule has 1 amide bonds. The molecule has 0 saturated heterocycles. The van der Waals surface area contributed by atoms with Crippen LogP contribution in [0.3, 0.4) is 0 Å². The first-order valence-corrected chi connectivity index (χ1v) is 6.40. The van der Waals surface area contributed by atoms with Crippen LogP contribution in [-0.2, 0) is 13.1 Å². The maximum atomic E-state index is 11.3. The Bertz CT molecular complexity index is 587. The highest BCUT2D eigenvalue weighted by atomic mass is 16.1. The number of amides is 1. The van der Waals surface area contributed by atoms with E-state index in [9.17, 15) is 4.79 Å². The van der Waals surface area contributed by atoms with Crippen molar-refractivity contribution in [1.82, 2.24) is 4.57 Å². The van der Waals surface area contributed by atoms with E-state index >= 15 is 0 Å². The Morgan fingerprint density at radius 2 is 2.11 bits per heavy atom. The molecule has 0 fully saturated rings. The molecule has 0 radical (unpaired) electrons. The lowest BCUT2D eigenvalue weighted by molar-refractivity contribution is 0.1000. The van der Waals surface area contributed by atoms with Gasteiger partial charge in [-0.05, 0) is 43.7 Å². The van der Waals surface area contributed by atoms with Crippen LogP contribution in [0.1, 0.15) is 28.5 Å². The maximum absolute atomic E-state index is 11.3. The SMILES string of the molecule is CCn1cccc1CNc1cccc(C(N)=O)c1C. The van der Waals surface area contributed by atoms with Crippen molar-refractivity contribution in [2.45, 2.75) is 26.9 Å². The molecule has 0 unspecified atom stereocenters. The van der Waals surface area contributed by atoms with Gasteiger partial charge >= 0.3 is 0 Å². The summed E-state index contributed by atoms with van der Waals surface area (Å²) >= 11 is 0. The Hall–Kier alpha value is -2.23. The molecule has 0 aliphatic heterocycles. The van der Waals surface area contributed by atoms with Gasteiger partial charge in [0.2, 0.25) is 5.91 Å². The van der Waals surface area contributed by atoms with Gasteiger partial charge < -0.3 is 15.6 Å². The third-order valence-corrected chi connectivity index (χ3v) is 3.32. The predicted molar refractivity (Wildman–Crippen MR) is 77.1 cm³/mol. The Kier molecular flexibility index (Phi) is 3.90. The molecule has 1 aromatic carbocycles. The van der Waals surface area contributed by atoms with Crippen LogP contribution in [0, 0.1) is 6.92 Å². The van der Waals surface area contributed by atoms with E-state index in [1.165, 1.54) is 5.69 Å². The predicted octanol–water partition coefficient (Wildman–Crippen LogP) is 2.53. The highest BCUT2D eigenvalue weighted by Gasteiger charge is 2.08. The molecule has 2 aromatic rings. The number of aromatic nitrogens is 1. The van der Waals surface area contributed by atoms with Crippen LogP contribution in [0.15, 0.2) is 36.5 Å². The molecule has 3 N–H and O–H groups in total. The number of nitrogens with zero attached hydrogens (tertiary/aromatic N) is 1. The number of nitrogens with one attached hydrogen (secondary N) is 1. The molecule has 0 saturated carbocycles. The standard InChI is InChI=1S/C15H19N3O/c1-3-18-9-5-6-12(18)10-17-14-8-4-7-13(11(14)2)15(16)19/h4-9,17H,3,10H2,1-2H3,(H2,16,19). The van der Waals surface area contributed by atoms with Crippen molar-refractivity contribution >= 4 is 11.6 Å². The van der Waals surface area contributed by atoms with Crippen LogP contribution in [0.4, 0.5) is 5.69 Å². The highest BCUT2D eigenvalue weighted by Crippen LogP contribution is 2.19. The second-order valence-corrected chi connectivity index (χ2v) is 4.48. The quantitative estimate of drug-likeness (QED) is 0.864. The third kappa shape index (κ3) is 2.78. The number of carbonyl (C=O) groups is 1. The molecule has 4 nitrogen and oxygen atoms in total. The Labute approximate surface area is 113 Å². The first-order valence-electron chi connectivity index (χ1n) is 6.40. The van der Waals surface area contributed by atoms with E-state index < -0.39 is 5.91 Å². The number of rotatable bonds is 5. The van der Waals surface area contributed by atoms with E-state index in [2.05, 4.69) is 29.1 Å². The summed E-state index contributed by atoms with van der Waals surface area (Å²) in [5.41, 5.74) is 8.97. The van der Waals surface area contributed by atoms with Gasteiger partial charge in [0.15, 0.2) is 0 Å². The van der Waals surface area contributed by atoms with Crippen molar-refractivity contribution in [3.05, 3.63) is 53.3 Å². The fourth-order valence-corrected chi connectivity index (χ4v) is 2.20. The lowest BCUT2D eigenvalue weighted by atomic mass is 10.1. The summed E-state index contributed by atoms with van der Waals surface area (Å²) in [6.07, 6.45) is 2.06. The summed E-state index contributed by atoms with van der Waals surface area (Å²) in [5, 5.41) is 3.36. The van der Waals surface area contributed by atoms with Gasteiger partial charge in [0, 0.05) is 29.7 Å². The number of primary amides is 1. The highest BCUT2D eigenvalue weighted by molar-refractivity contribution is 5.95. The molecule has 100 valence electrons. The largest absolute Gasteiger partial charge is 0.379 e. The maximum Gasteiger partial charge on any atom is 0.249 e. The van der Waals surface area contributed by atoms with E-state index in [1.807, 2.05) is 25.1 Å². The van der Waals surface area contributed by atoms with Crippen molar-refractivity contribution in [2.75, 3.05) is 5.32 Å². The van der Waals surface area contributed by atoms with Gasteiger partial charge in [0.1, 0.15) is 0 Å². The number of aryl methyl sites for hydroxylation is 1. The number of anilines is 1. The van der Waals surface area contributed by atoms with Crippen molar-refractivity contribution in [1.29, 1.82) is 0 Å². The van der Waals surface area contributed by atoms with Crippen molar-refractivity contribution < 1.29 is 4.79 Å². The number of hydrogen-bond acceptors (Lipinski definition) is 2. The lowest BCUT2D eigenvalue weighted by Gasteiger charge is -2.13. The monoisotopic (exact) mass is 257 g/mol. The minimum Gasteiger partial charge on any atom is -0.379 e. The summed E-state index contributed by atoms with van der Waals surface area (Å²) in [6, 6.07) is 9.67. The minimum absolute atomic E-state index is 0.391. The molecule has 19 heavy (non-hydrogen) atoms. The zero-order valence-electron chi connectivity index (χ0n) is 11.3. The average molecular weight is 257 g/mol. The second kappa shape index (κ2) is 5.61. The second-order valence-electron chi connectivity index (χ2n) is 4.48. The topological polar surface area (TPSA) is 60.1 Å². The van der Waals surface area contributed by atoms with Gasteiger partial charge in [-0.25, -0.2) is 0 Å². The first-order chi connectivity index (χ1) is 9.13. The molecule has 4 heteroatoms. The van der Waals surface area contributed by atoms with E-state index in [0.717, 1.165) is 24.3 Å². The van der Waals surface area contributed by atoms with Crippen LogP contribution in [-0.4, -0.2) is 10.5 Å². The molecule has 0 spiro atoms. The van der Waals surface area contributed by atoms with Crippen LogP contribution < -0.4 is 11.1 Å². The van der Waals surface area contributed by atoms with Gasteiger partial charge in [0.05, 0.1) is 6.54 Å². The summed E-state index contributed by atoms with van der Waals surface area (Å²) in [6.45, 7) is 5.69. The van der Waals surface area contributed by atoms with Crippen LogP contribution in [0.5, 0.6) is 0 Å². The fraction of sp³-hybridized carbons (Fsp3) is 0.267. The van der Waals surface area contributed by atoms with E-state index in [1.54, 1.807) is 6.07 Å². The summed E-state index contributed by atoms with van der Waals surface area (Å²) in [7, 11) is 0. The molecular weight excluding hydrogens is 238 g/mol. The van der Waals surface area contributed by atoms with Crippen LogP contribution in [0.2, 0.25) is 0 Å². The van der Waals surface area contributed by atoms with Gasteiger partial charge in [-0.15, -0.1) is 0 Å². The van der Waals surface area contributed by atoms with Gasteiger partial charge in [-0.3, -0.25) is 4.79 Å². The van der Waals surface area contributed by atoms with E-state index in [0.29, 0.717) is 5.56 Å². The molecule has 2 rings (SSSR count). The third-order valence-electron chi connectivity index (χ3n) is 3.32. The molecule has 0 bridgehead atoms. The average Bonchev–Trinajstić information content (AvgIpc) is 2.84. The molecule has 0 aliphatic carbocycles. The fourth-order valence-electron chi connectivity index (χ4n) is 2.20. The minimum atomic E-state index is -0.391. The van der Waals surface area contributed by atoms with Gasteiger partial charge in [0.25, 0.3) is 0 Å². The molecule has 0 aliphatic rings. The summed E-state index contributed by atoms with van der Waals surface area (Å²) < 4.78 is 2.18. The lowest BCUT2D eigenvalue weighted by Crippen LogP contribution is -2.14. The summed E-state index contributed by atoms with van der Waals surface area (Å²) in [4.78, 5) is 11.3. The molecular formula is C15H19N3O. The molecule has 1 heterocycles. The Balaban J connectivity index is 2.16. The van der Waals surface area contributed by atoms with Crippen molar-refractivity contribution in [3.8, 4) is 0 Å². The van der Waals surface area contributed by atoms with E-state index in [-0.39, 0.29) is 0 Å². The number of nitrogens with two attached hydrogens (primary N) is 1. The van der Waals surface area contributed by atoms with Crippen LogP contribution >= 0.6 is 0 Å². The normalized spacial score (nSPS) is 10.4. The van der Waals surface area contributed by atoms with Crippen molar-refractivity contribution in [2.24, 2.45) is 5.73 Å². The van der Waals surface area contributed by atoms with Gasteiger partial charge in [-0.1, -0.05) is 6.07 Å². The molecule has 1 aromatic heterocycles. The zero-order valence-corrected chi connectivity index (χ0v) is 11.3. The van der Waals surface area contributed by atoms with Gasteiger partial charge in [-0.2, -0.15) is 0 Å². The zero-order chi connectivity index (χ0) is 13.8. The summed E-state index contributed by atoms with van der Waals surface area (Å²) in [5.74, 6) is -0.391. The van der Waals surface area contributed by atoms with E-state index in [4.69, 9.17) is 5.73 Å². The number of benzene rings is 1. The first kappa shape index (κ1) is 13.2. The Morgan fingerprint density at radius 1 is 1.32 bits per heavy atom. The number of carbonyl (C=O) groups excluding carboxylic acids is 1. The van der Waals surface area contributed by atoms with Crippen molar-refractivity contribution in [3.63, 3.8) is 0 Å². The Morgan fingerprint density at radius 3 is 2.79 bits per heavy atom. The molecule has 0 atom stereocenters. The van der Waals surface area contributed by atoms with Crippen LogP contribution in [0.25, 0.3) is 0 Å².